The van der Waals surface area contributed by atoms with E-state index in [4.69, 9.17) is 9.47 Å². The zero-order valence-corrected chi connectivity index (χ0v) is 13.8. The van der Waals surface area contributed by atoms with Crippen molar-refractivity contribution in [3.8, 4) is 11.5 Å². The molecule has 2 rings (SSSR count). The molecule has 0 heterocycles. The second-order valence-electron chi connectivity index (χ2n) is 5.19. The second kappa shape index (κ2) is 9.73. The predicted octanol–water partition coefficient (Wildman–Crippen LogP) is 1.66. The van der Waals surface area contributed by atoms with Gasteiger partial charge in [0.2, 0.25) is 5.78 Å². The van der Waals surface area contributed by atoms with Gasteiger partial charge < -0.3 is 14.8 Å². The number of carbonyl (C=O) groups is 4. The first-order valence-corrected chi connectivity index (χ1v) is 7.91. The van der Waals surface area contributed by atoms with Crippen LogP contribution in [0.4, 0.5) is 0 Å². The van der Waals surface area contributed by atoms with E-state index in [0.29, 0.717) is 0 Å². The molecule has 1 amide bonds. The molecule has 7 nitrogen and oxygen atoms in total. The van der Waals surface area contributed by atoms with E-state index in [9.17, 15) is 19.2 Å². The lowest BCUT2D eigenvalue weighted by molar-refractivity contribution is -0.148. The van der Waals surface area contributed by atoms with Crippen LogP contribution in [0.2, 0.25) is 0 Å². The van der Waals surface area contributed by atoms with Crippen molar-refractivity contribution in [1.82, 2.24) is 5.32 Å². The number of benzene rings is 2. The zero-order chi connectivity index (χ0) is 18.8. The molecule has 1 N–H and O–H groups in total. The van der Waals surface area contributed by atoms with Crippen molar-refractivity contribution in [3.63, 3.8) is 0 Å². The summed E-state index contributed by atoms with van der Waals surface area (Å²) in [5.74, 6) is -3.12. The molecule has 0 aliphatic carbocycles. The minimum Gasteiger partial charge on any atom is -0.421 e. The van der Waals surface area contributed by atoms with Gasteiger partial charge in [-0.3, -0.25) is 9.59 Å². The highest BCUT2D eigenvalue weighted by Crippen LogP contribution is 2.09. The van der Waals surface area contributed by atoms with Crippen LogP contribution in [0, 0.1) is 0 Å². The number of carbonyl (C=O) groups excluding carboxylic acids is 4. The van der Waals surface area contributed by atoms with Crippen LogP contribution < -0.4 is 14.8 Å². The van der Waals surface area contributed by atoms with Gasteiger partial charge in [0.1, 0.15) is 11.5 Å². The van der Waals surface area contributed by atoms with Gasteiger partial charge in [-0.2, -0.15) is 0 Å². The van der Waals surface area contributed by atoms with Crippen LogP contribution in [-0.4, -0.2) is 30.2 Å². The minimum absolute atomic E-state index is 0.0487. The number of nitrogens with one attached hydrogen (secondary N) is 1. The minimum atomic E-state index is -1.05. The molecule has 0 bridgehead atoms. The molecular formula is C19H17NO6. The molecule has 0 aromatic heterocycles. The number of rotatable bonds is 7. The van der Waals surface area contributed by atoms with E-state index in [1.165, 1.54) is 0 Å². The molecule has 0 aliphatic rings. The number of ketones is 1. The van der Waals surface area contributed by atoms with Crippen LogP contribution in [0.15, 0.2) is 60.7 Å². The maximum Gasteiger partial charge on any atom is 0.402 e. The van der Waals surface area contributed by atoms with Crippen LogP contribution in [0.25, 0.3) is 0 Å². The topological polar surface area (TPSA) is 98.8 Å². The van der Waals surface area contributed by atoms with Gasteiger partial charge >= 0.3 is 17.8 Å². The molecule has 7 heteroatoms. The zero-order valence-electron chi connectivity index (χ0n) is 13.8. The molecule has 0 spiro atoms. The maximum absolute atomic E-state index is 11.7. The molecule has 0 radical (unpaired) electrons. The summed E-state index contributed by atoms with van der Waals surface area (Å²) in [6.07, 6.45) is 0.0762. The maximum atomic E-state index is 11.7. The summed E-state index contributed by atoms with van der Waals surface area (Å²) in [6, 6.07) is 16.4. The molecule has 0 saturated carbocycles. The first-order chi connectivity index (χ1) is 12.6. The average Bonchev–Trinajstić information content (AvgIpc) is 2.66. The van der Waals surface area contributed by atoms with E-state index >= 15 is 0 Å². The third kappa shape index (κ3) is 6.20. The fraction of sp³-hybridized carbons (Fsp3) is 0.158. The van der Waals surface area contributed by atoms with Crippen molar-refractivity contribution in [3.05, 3.63) is 60.7 Å². The highest BCUT2D eigenvalue weighted by Gasteiger charge is 2.18. The van der Waals surface area contributed by atoms with E-state index < -0.39 is 23.6 Å². The number of hydrogen-bond donors (Lipinski definition) is 1. The molecule has 0 saturated heterocycles. The summed E-state index contributed by atoms with van der Waals surface area (Å²) >= 11 is 0. The first-order valence-electron chi connectivity index (χ1n) is 7.91. The lowest BCUT2D eigenvalue weighted by Crippen LogP contribution is -2.35. The Bertz CT molecular complexity index is 706. The molecule has 2 aromatic rings. The van der Waals surface area contributed by atoms with E-state index in [1.54, 1.807) is 60.7 Å². The van der Waals surface area contributed by atoms with Gasteiger partial charge in [-0.15, -0.1) is 0 Å². The molecule has 26 heavy (non-hydrogen) atoms. The van der Waals surface area contributed by atoms with Crippen LogP contribution in [0.3, 0.4) is 0 Å². The SMILES string of the molecule is O=C(CCCNC(=O)C(=O)Oc1ccccc1)C(=O)Oc1ccccc1. The summed E-state index contributed by atoms with van der Waals surface area (Å²) in [7, 11) is 0. The third-order valence-electron chi connectivity index (χ3n) is 3.19. The Labute approximate surface area is 149 Å². The number of Topliss-reactive ketones (excluding diaryl/α,β-unsaturated/α-hetero) is 1. The molecular weight excluding hydrogens is 338 g/mol. The Kier molecular flexibility index (Phi) is 7.05. The van der Waals surface area contributed by atoms with Crippen molar-refractivity contribution < 1.29 is 28.7 Å². The third-order valence-corrected chi connectivity index (χ3v) is 3.19. The Morgan fingerprint density at radius 1 is 0.731 bits per heavy atom. The van der Waals surface area contributed by atoms with Crippen molar-refractivity contribution in [2.24, 2.45) is 0 Å². The Hall–Kier alpha value is -3.48. The Morgan fingerprint density at radius 2 is 1.23 bits per heavy atom. The Morgan fingerprint density at radius 3 is 1.77 bits per heavy atom. The van der Waals surface area contributed by atoms with Gasteiger partial charge in [-0.05, 0) is 30.7 Å². The van der Waals surface area contributed by atoms with E-state index in [1.807, 2.05) is 0 Å². The monoisotopic (exact) mass is 355 g/mol. The van der Waals surface area contributed by atoms with Crippen LogP contribution in [0.5, 0.6) is 11.5 Å². The Balaban J connectivity index is 1.66. The lowest BCUT2D eigenvalue weighted by atomic mass is 10.2. The number of ether oxygens (including phenoxy) is 2. The summed E-state index contributed by atoms with van der Waals surface area (Å²) in [5.41, 5.74) is 0. The van der Waals surface area contributed by atoms with Crippen molar-refractivity contribution in [1.29, 1.82) is 0 Å². The number of para-hydroxylation sites is 2. The van der Waals surface area contributed by atoms with Gasteiger partial charge in [0.15, 0.2) is 0 Å². The lowest BCUT2D eigenvalue weighted by Gasteiger charge is -2.06. The molecule has 0 unspecified atom stereocenters. The summed E-state index contributed by atoms with van der Waals surface area (Å²) in [6.45, 7) is 0.0487. The van der Waals surface area contributed by atoms with E-state index in [2.05, 4.69) is 5.32 Å². The van der Waals surface area contributed by atoms with Gasteiger partial charge in [-0.1, -0.05) is 36.4 Å². The van der Waals surface area contributed by atoms with Gasteiger partial charge in [0.05, 0.1) is 0 Å². The molecule has 0 fully saturated rings. The second-order valence-corrected chi connectivity index (χ2v) is 5.19. The van der Waals surface area contributed by atoms with Gasteiger partial charge in [-0.25, -0.2) is 9.59 Å². The van der Waals surface area contributed by atoms with Crippen LogP contribution in [0.1, 0.15) is 12.8 Å². The molecule has 0 aliphatic heterocycles. The molecule has 2 aromatic carbocycles. The average molecular weight is 355 g/mol. The number of amides is 1. The smallest absolute Gasteiger partial charge is 0.402 e. The van der Waals surface area contributed by atoms with Gasteiger partial charge in [0.25, 0.3) is 0 Å². The summed E-state index contributed by atoms with van der Waals surface area (Å²) in [5, 5.41) is 2.33. The fourth-order valence-corrected chi connectivity index (χ4v) is 1.92. The largest absolute Gasteiger partial charge is 0.421 e. The quantitative estimate of drug-likeness (QED) is 0.351. The first kappa shape index (κ1) is 18.9. The summed E-state index contributed by atoms with van der Waals surface area (Å²) in [4.78, 5) is 46.5. The fourth-order valence-electron chi connectivity index (χ4n) is 1.92. The number of hydrogen-bond acceptors (Lipinski definition) is 6. The van der Waals surface area contributed by atoms with E-state index in [0.717, 1.165) is 0 Å². The van der Waals surface area contributed by atoms with Crippen molar-refractivity contribution in [2.45, 2.75) is 12.8 Å². The van der Waals surface area contributed by atoms with Crippen molar-refractivity contribution >= 4 is 23.6 Å². The highest BCUT2D eigenvalue weighted by atomic mass is 16.5. The predicted molar refractivity (Wildman–Crippen MR) is 91.4 cm³/mol. The number of esters is 2. The van der Waals surface area contributed by atoms with Gasteiger partial charge in [0, 0.05) is 13.0 Å². The normalized spacial score (nSPS) is 9.85. The summed E-state index contributed by atoms with van der Waals surface area (Å²) < 4.78 is 9.78. The van der Waals surface area contributed by atoms with Crippen LogP contribution in [-0.2, 0) is 19.2 Å². The van der Waals surface area contributed by atoms with E-state index in [-0.39, 0.29) is 30.9 Å². The standard InChI is InChI=1S/C19H17NO6/c21-16(18(23)25-14-8-3-1-4-9-14)12-7-13-20-17(22)19(24)26-15-10-5-2-6-11-15/h1-6,8-11H,7,12-13H2,(H,20,22). The molecule has 134 valence electrons. The van der Waals surface area contributed by atoms with Crippen LogP contribution >= 0.6 is 0 Å². The molecule has 0 atom stereocenters. The highest BCUT2D eigenvalue weighted by molar-refractivity contribution is 6.34. The van der Waals surface area contributed by atoms with Crippen molar-refractivity contribution in [2.75, 3.05) is 6.54 Å².